The van der Waals surface area contributed by atoms with E-state index in [0.29, 0.717) is 39.0 Å². The van der Waals surface area contributed by atoms with Crippen molar-refractivity contribution in [3.63, 3.8) is 0 Å². The zero-order valence-electron chi connectivity index (χ0n) is 16.9. The number of hydrogen-bond donors (Lipinski definition) is 1. The number of rotatable bonds is 8. The SMILES string of the molecule is CCn1c(SCC(=O)Nc2cccc(Cl)c2)nnc1C(C)Oc1cc(C)ccc1Cl. The maximum Gasteiger partial charge on any atom is 0.234 e. The summed E-state index contributed by atoms with van der Waals surface area (Å²) in [4.78, 5) is 12.3. The van der Waals surface area contributed by atoms with E-state index in [4.69, 9.17) is 27.9 Å². The maximum atomic E-state index is 12.3. The summed E-state index contributed by atoms with van der Waals surface area (Å²) in [7, 11) is 0. The van der Waals surface area contributed by atoms with Crippen LogP contribution in [0.15, 0.2) is 47.6 Å². The van der Waals surface area contributed by atoms with Crippen LogP contribution in [0.25, 0.3) is 0 Å². The summed E-state index contributed by atoms with van der Waals surface area (Å²) in [6.45, 7) is 6.52. The first-order valence-electron chi connectivity index (χ1n) is 9.41. The lowest BCUT2D eigenvalue weighted by molar-refractivity contribution is -0.113. The highest BCUT2D eigenvalue weighted by molar-refractivity contribution is 7.99. The molecular formula is C21H22Cl2N4O2S. The van der Waals surface area contributed by atoms with E-state index < -0.39 is 0 Å². The third-order valence-electron chi connectivity index (χ3n) is 4.26. The van der Waals surface area contributed by atoms with E-state index in [1.54, 1.807) is 24.3 Å². The van der Waals surface area contributed by atoms with Gasteiger partial charge in [0.2, 0.25) is 5.91 Å². The first kappa shape index (κ1) is 22.5. The minimum Gasteiger partial charge on any atom is -0.481 e. The fourth-order valence-electron chi connectivity index (χ4n) is 2.84. The van der Waals surface area contributed by atoms with Crippen LogP contribution in [-0.4, -0.2) is 26.4 Å². The second-order valence-corrected chi connectivity index (χ2v) is 8.41. The molecule has 0 saturated carbocycles. The number of carbonyl (C=O) groups excluding carboxylic acids is 1. The first-order valence-corrected chi connectivity index (χ1v) is 11.2. The molecule has 0 saturated heterocycles. The van der Waals surface area contributed by atoms with Gasteiger partial charge in [-0.3, -0.25) is 4.79 Å². The van der Waals surface area contributed by atoms with Crippen LogP contribution in [0, 0.1) is 6.92 Å². The van der Waals surface area contributed by atoms with Gasteiger partial charge in [-0.1, -0.05) is 47.1 Å². The quantitative estimate of drug-likeness (QED) is 0.427. The lowest BCUT2D eigenvalue weighted by Gasteiger charge is -2.16. The summed E-state index contributed by atoms with van der Waals surface area (Å²) in [6, 6.07) is 12.7. The van der Waals surface area contributed by atoms with Gasteiger partial charge in [-0.25, -0.2) is 0 Å². The number of nitrogens with zero attached hydrogens (tertiary/aromatic N) is 3. The van der Waals surface area contributed by atoms with Crippen molar-refractivity contribution in [2.45, 2.75) is 38.6 Å². The summed E-state index contributed by atoms with van der Waals surface area (Å²) in [5, 5.41) is 13.1. The summed E-state index contributed by atoms with van der Waals surface area (Å²) >= 11 is 13.5. The van der Waals surface area contributed by atoms with Crippen molar-refractivity contribution in [2.24, 2.45) is 0 Å². The van der Waals surface area contributed by atoms with Crippen molar-refractivity contribution in [2.75, 3.05) is 11.1 Å². The number of hydrogen-bond acceptors (Lipinski definition) is 5. The number of aryl methyl sites for hydroxylation is 1. The standard InChI is InChI=1S/C21H22Cl2N4O2S/c1-4-27-20(14(3)29-18-10-13(2)8-9-17(18)23)25-26-21(27)30-12-19(28)24-16-7-5-6-15(22)11-16/h5-11,14H,4,12H2,1-3H3,(H,24,28). The number of halogens is 2. The Hall–Kier alpha value is -2.22. The normalized spacial score (nSPS) is 11.9. The highest BCUT2D eigenvalue weighted by Gasteiger charge is 2.20. The van der Waals surface area contributed by atoms with Crippen LogP contribution in [0.2, 0.25) is 10.0 Å². The number of benzene rings is 2. The van der Waals surface area contributed by atoms with Crippen LogP contribution in [0.3, 0.4) is 0 Å². The molecule has 1 amide bonds. The Balaban J connectivity index is 1.66. The van der Waals surface area contributed by atoms with Gasteiger partial charge in [0.05, 0.1) is 10.8 Å². The van der Waals surface area contributed by atoms with Crippen molar-refractivity contribution in [3.05, 3.63) is 63.9 Å². The molecule has 0 bridgehead atoms. The molecule has 1 heterocycles. The largest absolute Gasteiger partial charge is 0.481 e. The van der Waals surface area contributed by atoms with Gasteiger partial charge < -0.3 is 14.6 Å². The average Bonchev–Trinajstić information content (AvgIpc) is 3.12. The number of thioether (sulfide) groups is 1. The molecule has 0 radical (unpaired) electrons. The van der Waals surface area contributed by atoms with Crippen LogP contribution in [0.4, 0.5) is 5.69 Å². The Morgan fingerprint density at radius 2 is 2.03 bits per heavy atom. The Labute approximate surface area is 189 Å². The molecular weight excluding hydrogens is 443 g/mol. The molecule has 0 aliphatic carbocycles. The molecule has 158 valence electrons. The van der Waals surface area contributed by atoms with Crippen LogP contribution in [0.1, 0.15) is 31.3 Å². The minimum atomic E-state index is -0.355. The molecule has 1 aromatic heterocycles. The van der Waals surface area contributed by atoms with Crippen molar-refractivity contribution in [1.82, 2.24) is 14.8 Å². The van der Waals surface area contributed by atoms with Crippen molar-refractivity contribution < 1.29 is 9.53 Å². The zero-order valence-corrected chi connectivity index (χ0v) is 19.2. The first-order chi connectivity index (χ1) is 14.4. The van der Waals surface area contributed by atoms with Gasteiger partial charge in [0.15, 0.2) is 17.1 Å². The molecule has 6 nitrogen and oxygen atoms in total. The van der Waals surface area contributed by atoms with Gasteiger partial charge in [0, 0.05) is 17.3 Å². The predicted octanol–water partition coefficient (Wildman–Crippen LogP) is 5.78. The third-order valence-corrected chi connectivity index (χ3v) is 5.77. The molecule has 0 fully saturated rings. The molecule has 2 aromatic carbocycles. The Bertz CT molecular complexity index is 1040. The molecule has 9 heteroatoms. The smallest absolute Gasteiger partial charge is 0.234 e. The maximum absolute atomic E-state index is 12.3. The molecule has 0 spiro atoms. The average molecular weight is 465 g/mol. The van der Waals surface area contributed by atoms with Crippen molar-refractivity contribution in [1.29, 1.82) is 0 Å². The molecule has 0 aliphatic rings. The number of nitrogens with one attached hydrogen (secondary N) is 1. The fraction of sp³-hybridized carbons (Fsp3) is 0.286. The van der Waals surface area contributed by atoms with Crippen LogP contribution in [-0.2, 0) is 11.3 Å². The zero-order chi connectivity index (χ0) is 21.7. The minimum absolute atomic E-state index is 0.148. The third kappa shape index (κ3) is 5.68. The monoisotopic (exact) mass is 464 g/mol. The number of amides is 1. The van der Waals surface area contributed by atoms with Crippen LogP contribution in [0.5, 0.6) is 5.75 Å². The summed E-state index contributed by atoms with van der Waals surface area (Å²) in [5.41, 5.74) is 1.71. The highest BCUT2D eigenvalue weighted by atomic mass is 35.5. The van der Waals surface area contributed by atoms with Crippen LogP contribution >= 0.6 is 35.0 Å². The lowest BCUT2D eigenvalue weighted by atomic mass is 10.2. The number of anilines is 1. The second kappa shape index (κ2) is 10.2. The summed E-state index contributed by atoms with van der Waals surface area (Å²) in [6.07, 6.45) is -0.355. The van der Waals surface area contributed by atoms with E-state index >= 15 is 0 Å². The molecule has 3 rings (SSSR count). The van der Waals surface area contributed by atoms with Gasteiger partial charge >= 0.3 is 0 Å². The molecule has 1 atom stereocenters. The fourth-order valence-corrected chi connectivity index (χ4v) is 4.00. The van der Waals surface area contributed by atoms with E-state index in [1.165, 1.54) is 11.8 Å². The van der Waals surface area contributed by atoms with Gasteiger partial charge in [0.25, 0.3) is 0 Å². The molecule has 1 unspecified atom stereocenters. The van der Waals surface area contributed by atoms with Gasteiger partial charge in [-0.2, -0.15) is 0 Å². The number of ether oxygens (including phenoxy) is 1. The Morgan fingerprint density at radius 3 is 2.77 bits per heavy atom. The van der Waals surface area contributed by atoms with E-state index in [-0.39, 0.29) is 17.8 Å². The van der Waals surface area contributed by atoms with E-state index in [0.717, 1.165) is 5.56 Å². The lowest BCUT2D eigenvalue weighted by Crippen LogP contribution is -2.15. The molecule has 1 N–H and O–H groups in total. The van der Waals surface area contributed by atoms with Gasteiger partial charge in [0.1, 0.15) is 5.75 Å². The van der Waals surface area contributed by atoms with Crippen molar-refractivity contribution >= 4 is 46.6 Å². The van der Waals surface area contributed by atoms with E-state index in [1.807, 2.05) is 43.5 Å². The highest BCUT2D eigenvalue weighted by Crippen LogP contribution is 2.30. The Morgan fingerprint density at radius 1 is 1.23 bits per heavy atom. The van der Waals surface area contributed by atoms with Crippen LogP contribution < -0.4 is 10.1 Å². The van der Waals surface area contributed by atoms with E-state index in [2.05, 4.69) is 15.5 Å². The van der Waals surface area contributed by atoms with Gasteiger partial charge in [-0.05, 0) is 56.7 Å². The molecule has 30 heavy (non-hydrogen) atoms. The summed E-state index contributed by atoms with van der Waals surface area (Å²) in [5.74, 6) is 1.33. The molecule has 0 aliphatic heterocycles. The molecule has 3 aromatic rings. The topological polar surface area (TPSA) is 69.0 Å². The predicted molar refractivity (Wildman–Crippen MR) is 122 cm³/mol. The summed E-state index contributed by atoms with van der Waals surface area (Å²) < 4.78 is 7.96. The van der Waals surface area contributed by atoms with Gasteiger partial charge in [-0.15, -0.1) is 10.2 Å². The Kier molecular flexibility index (Phi) is 7.64. The van der Waals surface area contributed by atoms with Crippen molar-refractivity contribution in [3.8, 4) is 5.75 Å². The number of aromatic nitrogens is 3. The second-order valence-electron chi connectivity index (χ2n) is 6.63. The van der Waals surface area contributed by atoms with E-state index in [9.17, 15) is 4.79 Å². The number of carbonyl (C=O) groups is 1.